The molecular weight excluding hydrogens is 456 g/mol. The topological polar surface area (TPSA) is 199 Å². The molecule has 15 atom stereocenters. The summed E-state index contributed by atoms with van der Waals surface area (Å²) in [7, 11) is 1.44. The van der Waals surface area contributed by atoms with Crippen LogP contribution in [0.1, 0.15) is 32.1 Å². The van der Waals surface area contributed by atoms with Gasteiger partial charge in [-0.1, -0.05) is 0 Å². The molecule has 12 heteroatoms. The zero-order chi connectivity index (χ0) is 24.7. The van der Waals surface area contributed by atoms with Crippen molar-refractivity contribution < 1.29 is 59.8 Å². The van der Waals surface area contributed by atoms with Gasteiger partial charge in [0.15, 0.2) is 6.29 Å². The van der Waals surface area contributed by atoms with Gasteiger partial charge in [0.05, 0.1) is 49.3 Å². The lowest BCUT2D eigenvalue weighted by atomic mass is 9.72. The van der Waals surface area contributed by atoms with Crippen LogP contribution >= 0.6 is 0 Å². The Hall–Kier alpha value is -0.480. The molecule has 0 amide bonds. The second-order valence-electron chi connectivity index (χ2n) is 10.2. The van der Waals surface area contributed by atoms with Crippen LogP contribution in [0, 0.1) is 11.8 Å². The third-order valence-electron chi connectivity index (χ3n) is 7.97. The molecule has 2 saturated heterocycles. The normalized spacial score (nSPS) is 54.4. The third-order valence-corrected chi connectivity index (χ3v) is 7.97. The molecule has 0 spiro atoms. The molecule has 4 fully saturated rings. The van der Waals surface area contributed by atoms with Crippen molar-refractivity contribution >= 4 is 0 Å². The van der Waals surface area contributed by atoms with Crippen LogP contribution < -0.4 is 0 Å². The molecule has 2 saturated carbocycles. The van der Waals surface area contributed by atoms with E-state index in [2.05, 4.69) is 0 Å². The third kappa shape index (κ3) is 5.15. The minimum absolute atomic E-state index is 0.196. The monoisotopic (exact) mass is 494 g/mol. The Morgan fingerprint density at radius 1 is 0.735 bits per heavy atom. The second-order valence-corrected chi connectivity index (χ2v) is 10.2. The first-order valence-electron chi connectivity index (χ1n) is 12.0. The van der Waals surface area contributed by atoms with Gasteiger partial charge in [0, 0.05) is 13.0 Å². The maximum atomic E-state index is 10.6. The summed E-state index contributed by atoms with van der Waals surface area (Å²) in [6.07, 6.45) is -12.0. The standard InChI is InChI=1S/C22H38O12/c1-31-14-3-8(2-12(26)17(14)27)21-15(6-10-11(25)4-9(24)5-13(10)32-21)33-22-20(30)19(29)18(28)16(7-23)34-22/h8-30H,2-7H2,1H3/t8?,9?,10?,11?,12?,13?,14?,15?,16-,17?,18-,19-,20-,21?,22-/m0/s1. The first-order valence-corrected chi connectivity index (χ1v) is 12.0. The fourth-order valence-electron chi connectivity index (χ4n) is 6.03. The van der Waals surface area contributed by atoms with Crippen molar-refractivity contribution in [1.82, 2.24) is 0 Å². The van der Waals surface area contributed by atoms with Crippen molar-refractivity contribution in [2.75, 3.05) is 13.7 Å². The van der Waals surface area contributed by atoms with Crippen LogP contribution in [0.5, 0.6) is 0 Å². The molecule has 0 bridgehead atoms. The van der Waals surface area contributed by atoms with E-state index in [-0.39, 0.29) is 24.7 Å². The van der Waals surface area contributed by atoms with Crippen LogP contribution in [0.3, 0.4) is 0 Å². The van der Waals surface area contributed by atoms with Crippen LogP contribution in [-0.4, -0.2) is 134 Å². The van der Waals surface area contributed by atoms with Gasteiger partial charge in [0.1, 0.15) is 30.5 Å². The molecule has 2 aliphatic heterocycles. The van der Waals surface area contributed by atoms with Crippen LogP contribution in [-0.2, 0) is 18.9 Å². The van der Waals surface area contributed by atoms with Crippen molar-refractivity contribution in [3.8, 4) is 0 Å². The SMILES string of the molecule is COC1CC(C2OC3CC(O)CC(O)C3CC2O[C@H]2O[C@@H](CO)[C@H](O)[C@H](O)[C@@H]2O)CC(O)C1O. The molecule has 0 aromatic heterocycles. The number of rotatable bonds is 5. The summed E-state index contributed by atoms with van der Waals surface area (Å²) < 4.78 is 23.3. The highest BCUT2D eigenvalue weighted by atomic mass is 16.7. The largest absolute Gasteiger partial charge is 0.394 e. The van der Waals surface area contributed by atoms with Gasteiger partial charge < -0.3 is 59.8 Å². The quantitative estimate of drug-likeness (QED) is 0.189. The summed E-state index contributed by atoms with van der Waals surface area (Å²) in [6, 6.07) is 0. The average molecular weight is 495 g/mol. The fourth-order valence-corrected chi connectivity index (χ4v) is 6.03. The number of aliphatic hydroxyl groups is 8. The van der Waals surface area contributed by atoms with Crippen molar-refractivity contribution in [2.45, 2.75) is 112 Å². The second kappa shape index (κ2) is 10.9. The zero-order valence-corrected chi connectivity index (χ0v) is 19.1. The van der Waals surface area contributed by atoms with Crippen LogP contribution in [0.25, 0.3) is 0 Å². The zero-order valence-electron chi connectivity index (χ0n) is 19.1. The van der Waals surface area contributed by atoms with Crippen molar-refractivity contribution in [3.05, 3.63) is 0 Å². The predicted octanol–water partition coefficient (Wildman–Crippen LogP) is -3.39. The molecule has 8 N–H and O–H groups in total. The van der Waals surface area contributed by atoms with Gasteiger partial charge in [-0.3, -0.25) is 0 Å². The smallest absolute Gasteiger partial charge is 0.187 e. The van der Waals surface area contributed by atoms with Crippen LogP contribution in [0.4, 0.5) is 0 Å². The molecule has 4 rings (SSSR count). The van der Waals surface area contributed by atoms with E-state index in [4.69, 9.17) is 18.9 Å². The molecule has 0 radical (unpaired) electrons. The molecule has 34 heavy (non-hydrogen) atoms. The Morgan fingerprint density at radius 3 is 2.15 bits per heavy atom. The number of fused-ring (bicyclic) bond motifs is 1. The Kier molecular flexibility index (Phi) is 8.50. The van der Waals surface area contributed by atoms with E-state index >= 15 is 0 Å². The minimum atomic E-state index is -1.61. The van der Waals surface area contributed by atoms with Gasteiger partial charge in [0.2, 0.25) is 0 Å². The molecular formula is C22H38O12. The number of hydrogen-bond donors (Lipinski definition) is 8. The minimum Gasteiger partial charge on any atom is -0.394 e. The lowest BCUT2D eigenvalue weighted by Gasteiger charge is -2.51. The van der Waals surface area contributed by atoms with E-state index < -0.39 is 86.1 Å². The molecule has 198 valence electrons. The Balaban J connectivity index is 1.57. The molecule has 10 unspecified atom stereocenters. The maximum absolute atomic E-state index is 10.6. The van der Waals surface area contributed by atoms with Crippen molar-refractivity contribution in [1.29, 1.82) is 0 Å². The van der Waals surface area contributed by atoms with E-state index in [1.807, 2.05) is 0 Å². The lowest BCUT2D eigenvalue weighted by molar-refractivity contribution is -0.334. The number of methoxy groups -OCH3 is 1. The van der Waals surface area contributed by atoms with E-state index in [1.165, 1.54) is 7.11 Å². The summed E-state index contributed by atoms with van der Waals surface area (Å²) in [4.78, 5) is 0. The van der Waals surface area contributed by atoms with Gasteiger partial charge >= 0.3 is 0 Å². The molecule has 0 aromatic rings. The van der Waals surface area contributed by atoms with Gasteiger partial charge in [0.25, 0.3) is 0 Å². The highest BCUT2D eigenvalue weighted by Crippen LogP contribution is 2.43. The summed E-state index contributed by atoms with van der Waals surface area (Å²) in [6.45, 7) is -0.598. The van der Waals surface area contributed by atoms with E-state index in [0.717, 1.165) is 0 Å². The summed E-state index contributed by atoms with van der Waals surface area (Å²) in [5.41, 5.74) is 0. The van der Waals surface area contributed by atoms with E-state index in [0.29, 0.717) is 19.3 Å². The Morgan fingerprint density at radius 2 is 1.47 bits per heavy atom. The van der Waals surface area contributed by atoms with Gasteiger partial charge in [-0.2, -0.15) is 0 Å². The van der Waals surface area contributed by atoms with Gasteiger partial charge in [-0.25, -0.2) is 0 Å². The number of ether oxygens (including phenoxy) is 4. The summed E-state index contributed by atoms with van der Waals surface area (Å²) >= 11 is 0. The van der Waals surface area contributed by atoms with Gasteiger partial charge in [-0.15, -0.1) is 0 Å². The van der Waals surface area contributed by atoms with Gasteiger partial charge in [-0.05, 0) is 38.0 Å². The first kappa shape index (κ1) is 26.6. The van der Waals surface area contributed by atoms with E-state index in [9.17, 15) is 40.9 Å². The summed E-state index contributed by atoms with van der Waals surface area (Å²) in [5.74, 6) is -0.678. The fraction of sp³-hybridized carbons (Fsp3) is 1.00. The van der Waals surface area contributed by atoms with Crippen molar-refractivity contribution in [2.24, 2.45) is 11.8 Å². The van der Waals surface area contributed by atoms with Crippen LogP contribution in [0.2, 0.25) is 0 Å². The van der Waals surface area contributed by atoms with E-state index in [1.54, 1.807) is 0 Å². The molecule has 2 aliphatic carbocycles. The average Bonchev–Trinajstić information content (AvgIpc) is 2.81. The molecule has 12 nitrogen and oxygen atoms in total. The first-order chi connectivity index (χ1) is 16.1. The van der Waals surface area contributed by atoms with Crippen molar-refractivity contribution in [3.63, 3.8) is 0 Å². The Labute approximate surface area is 197 Å². The molecule has 0 aromatic carbocycles. The predicted molar refractivity (Wildman–Crippen MR) is 112 cm³/mol. The highest BCUT2D eigenvalue weighted by molar-refractivity contribution is 5.00. The maximum Gasteiger partial charge on any atom is 0.187 e. The highest BCUT2D eigenvalue weighted by Gasteiger charge is 2.52. The van der Waals surface area contributed by atoms with Crippen LogP contribution in [0.15, 0.2) is 0 Å². The molecule has 2 heterocycles. The Bertz CT molecular complexity index is 666. The number of aliphatic hydroxyl groups excluding tert-OH is 8. The molecule has 4 aliphatic rings. The summed E-state index contributed by atoms with van der Waals surface area (Å²) in [5, 5.41) is 81.6. The number of hydrogen-bond acceptors (Lipinski definition) is 12. The lowest BCUT2D eigenvalue weighted by Crippen LogP contribution is -2.62.